The topological polar surface area (TPSA) is 133 Å². The predicted octanol–water partition coefficient (Wildman–Crippen LogP) is 2.99. The summed E-state index contributed by atoms with van der Waals surface area (Å²) in [4.78, 5) is 23.4. The van der Waals surface area contributed by atoms with Gasteiger partial charge in [-0.25, -0.2) is 0 Å². The monoisotopic (exact) mass is 407 g/mol. The smallest absolute Gasteiger partial charge is 0.254 e. The highest BCUT2D eigenvalue weighted by atomic mass is 16.3. The number of nitrogens with one attached hydrogen (secondary N) is 3. The molecule has 0 bridgehead atoms. The van der Waals surface area contributed by atoms with E-state index in [0.29, 0.717) is 35.7 Å². The standard InChI is InChI=1S/C22H25N5O3/c1-12-7-16(8-13(2)20(12)29)11-24-22-19(21(23)30)18(26-27-22)10-15-5-4-6-17(9-15)25-14(3)28/h4-9,29H,10-11H2,1-3H3,(H2,23,30)(H,25,28)(H2,24,26,27). The molecule has 156 valence electrons. The molecule has 2 aromatic carbocycles. The minimum Gasteiger partial charge on any atom is -0.507 e. The number of primary amides is 1. The maximum atomic E-state index is 12.1. The highest BCUT2D eigenvalue weighted by Crippen LogP contribution is 2.25. The summed E-state index contributed by atoms with van der Waals surface area (Å²) in [5, 5.41) is 22.9. The van der Waals surface area contributed by atoms with Crippen molar-refractivity contribution in [3.63, 3.8) is 0 Å². The van der Waals surface area contributed by atoms with Crippen molar-refractivity contribution in [3.05, 3.63) is 69.9 Å². The van der Waals surface area contributed by atoms with Gasteiger partial charge in [0.15, 0.2) is 5.82 Å². The first-order valence-corrected chi connectivity index (χ1v) is 9.51. The van der Waals surface area contributed by atoms with Crippen LogP contribution in [-0.2, 0) is 17.8 Å². The Morgan fingerprint density at radius 3 is 2.47 bits per heavy atom. The number of benzene rings is 2. The third kappa shape index (κ3) is 4.78. The van der Waals surface area contributed by atoms with Gasteiger partial charge in [0.2, 0.25) is 5.91 Å². The van der Waals surface area contributed by atoms with Crippen molar-refractivity contribution in [2.24, 2.45) is 5.73 Å². The third-order valence-electron chi connectivity index (χ3n) is 4.73. The van der Waals surface area contributed by atoms with E-state index in [9.17, 15) is 14.7 Å². The van der Waals surface area contributed by atoms with Crippen LogP contribution in [0.1, 0.15) is 45.2 Å². The average molecular weight is 407 g/mol. The Bertz CT molecular complexity index is 1080. The fourth-order valence-electron chi connectivity index (χ4n) is 3.40. The largest absolute Gasteiger partial charge is 0.507 e. The van der Waals surface area contributed by atoms with Crippen LogP contribution in [0.3, 0.4) is 0 Å². The van der Waals surface area contributed by atoms with Gasteiger partial charge < -0.3 is 21.5 Å². The summed E-state index contributed by atoms with van der Waals surface area (Å²) in [5.41, 5.74) is 10.6. The zero-order valence-electron chi connectivity index (χ0n) is 17.2. The molecule has 3 rings (SSSR count). The Hall–Kier alpha value is -3.81. The number of carbonyl (C=O) groups excluding carboxylic acids is 2. The van der Waals surface area contributed by atoms with E-state index in [0.717, 1.165) is 22.3 Å². The van der Waals surface area contributed by atoms with E-state index in [4.69, 9.17) is 5.73 Å². The maximum Gasteiger partial charge on any atom is 0.254 e. The van der Waals surface area contributed by atoms with Crippen LogP contribution in [0.25, 0.3) is 0 Å². The van der Waals surface area contributed by atoms with E-state index in [1.54, 1.807) is 6.07 Å². The molecule has 0 unspecified atom stereocenters. The highest BCUT2D eigenvalue weighted by Gasteiger charge is 2.19. The summed E-state index contributed by atoms with van der Waals surface area (Å²) in [6.07, 6.45) is 0.401. The van der Waals surface area contributed by atoms with Crippen molar-refractivity contribution < 1.29 is 14.7 Å². The first-order chi connectivity index (χ1) is 14.2. The Labute approximate surface area is 174 Å². The molecule has 0 atom stereocenters. The van der Waals surface area contributed by atoms with Gasteiger partial charge in [0.1, 0.15) is 11.3 Å². The van der Waals surface area contributed by atoms with Gasteiger partial charge in [-0.2, -0.15) is 5.10 Å². The van der Waals surface area contributed by atoms with Gasteiger partial charge in [0.05, 0.1) is 5.69 Å². The quantitative estimate of drug-likeness (QED) is 0.411. The van der Waals surface area contributed by atoms with E-state index in [1.807, 2.05) is 44.2 Å². The lowest BCUT2D eigenvalue weighted by Gasteiger charge is -2.10. The number of nitrogens with two attached hydrogens (primary N) is 1. The van der Waals surface area contributed by atoms with Crippen molar-refractivity contribution in [1.29, 1.82) is 0 Å². The molecule has 0 saturated heterocycles. The van der Waals surface area contributed by atoms with Gasteiger partial charge in [-0.15, -0.1) is 0 Å². The van der Waals surface area contributed by atoms with E-state index in [-0.39, 0.29) is 11.7 Å². The number of rotatable bonds is 7. The van der Waals surface area contributed by atoms with Crippen LogP contribution in [0.15, 0.2) is 36.4 Å². The number of aromatic amines is 1. The number of phenols is 1. The van der Waals surface area contributed by atoms with Gasteiger partial charge in [-0.1, -0.05) is 24.3 Å². The fourth-order valence-corrected chi connectivity index (χ4v) is 3.40. The van der Waals surface area contributed by atoms with Gasteiger partial charge in [-0.3, -0.25) is 14.7 Å². The van der Waals surface area contributed by atoms with Crippen LogP contribution in [0.2, 0.25) is 0 Å². The Morgan fingerprint density at radius 1 is 1.13 bits per heavy atom. The summed E-state index contributed by atoms with van der Waals surface area (Å²) in [7, 11) is 0. The number of anilines is 2. The van der Waals surface area contributed by atoms with Gasteiger partial charge in [0.25, 0.3) is 5.91 Å². The number of aromatic nitrogens is 2. The number of carbonyl (C=O) groups is 2. The van der Waals surface area contributed by atoms with Gasteiger partial charge >= 0.3 is 0 Å². The van der Waals surface area contributed by atoms with Gasteiger partial charge in [0, 0.05) is 25.6 Å². The number of nitrogens with zero attached hydrogens (tertiary/aromatic N) is 1. The fraction of sp³-hybridized carbons (Fsp3) is 0.227. The Kier molecular flexibility index (Phi) is 6.06. The molecule has 0 radical (unpaired) electrons. The van der Waals surface area contributed by atoms with Crippen LogP contribution < -0.4 is 16.4 Å². The first kappa shape index (κ1) is 20.9. The molecule has 2 amide bonds. The molecule has 0 aliphatic rings. The lowest BCUT2D eigenvalue weighted by atomic mass is 10.0. The van der Waals surface area contributed by atoms with Crippen LogP contribution in [0, 0.1) is 13.8 Å². The number of aromatic hydroxyl groups is 1. The van der Waals surface area contributed by atoms with E-state index < -0.39 is 5.91 Å². The van der Waals surface area contributed by atoms with E-state index in [2.05, 4.69) is 20.8 Å². The summed E-state index contributed by atoms with van der Waals surface area (Å²) in [6, 6.07) is 11.1. The van der Waals surface area contributed by atoms with Crippen LogP contribution in [0.5, 0.6) is 5.75 Å². The molecule has 1 heterocycles. The number of amides is 2. The minimum absolute atomic E-state index is 0.155. The molecule has 0 fully saturated rings. The van der Waals surface area contributed by atoms with Gasteiger partial charge in [-0.05, 0) is 48.2 Å². The Balaban J connectivity index is 1.80. The molecule has 8 heteroatoms. The molecular formula is C22H25N5O3. The summed E-state index contributed by atoms with van der Waals surface area (Å²) >= 11 is 0. The lowest BCUT2D eigenvalue weighted by Crippen LogP contribution is -2.15. The van der Waals surface area contributed by atoms with Crippen molar-refractivity contribution in [3.8, 4) is 5.75 Å². The summed E-state index contributed by atoms with van der Waals surface area (Å²) < 4.78 is 0. The second-order valence-corrected chi connectivity index (χ2v) is 7.28. The molecule has 1 aromatic heterocycles. The summed E-state index contributed by atoms with van der Waals surface area (Å²) in [5.74, 6) is -0.0888. The molecular weight excluding hydrogens is 382 g/mol. The van der Waals surface area contributed by atoms with Crippen LogP contribution in [0.4, 0.5) is 11.5 Å². The zero-order chi connectivity index (χ0) is 21.8. The minimum atomic E-state index is -0.586. The molecule has 3 aromatic rings. The average Bonchev–Trinajstić information content (AvgIpc) is 3.06. The molecule has 0 spiro atoms. The molecule has 0 aliphatic heterocycles. The van der Waals surface area contributed by atoms with Crippen molar-refractivity contribution in [2.45, 2.75) is 33.7 Å². The van der Waals surface area contributed by atoms with Crippen molar-refractivity contribution >= 4 is 23.3 Å². The number of hydrogen-bond acceptors (Lipinski definition) is 5. The van der Waals surface area contributed by atoms with Crippen LogP contribution in [-0.4, -0.2) is 27.1 Å². The number of hydrogen-bond donors (Lipinski definition) is 5. The van der Waals surface area contributed by atoms with Crippen LogP contribution >= 0.6 is 0 Å². The number of H-pyrrole nitrogens is 1. The zero-order valence-corrected chi connectivity index (χ0v) is 17.2. The first-order valence-electron chi connectivity index (χ1n) is 9.51. The second kappa shape index (κ2) is 8.69. The molecule has 0 saturated carbocycles. The molecule has 0 aliphatic carbocycles. The molecule has 8 nitrogen and oxygen atoms in total. The molecule has 6 N–H and O–H groups in total. The van der Waals surface area contributed by atoms with Crippen molar-refractivity contribution in [2.75, 3.05) is 10.6 Å². The predicted molar refractivity (Wildman–Crippen MR) is 116 cm³/mol. The third-order valence-corrected chi connectivity index (χ3v) is 4.73. The van der Waals surface area contributed by atoms with E-state index >= 15 is 0 Å². The SMILES string of the molecule is CC(=O)Nc1cccc(Cc2[nH]nc(NCc3cc(C)c(O)c(C)c3)c2C(N)=O)c1. The lowest BCUT2D eigenvalue weighted by molar-refractivity contribution is -0.114. The maximum absolute atomic E-state index is 12.1. The normalized spacial score (nSPS) is 10.6. The number of aryl methyl sites for hydroxylation is 2. The second-order valence-electron chi connectivity index (χ2n) is 7.28. The molecule has 30 heavy (non-hydrogen) atoms. The Morgan fingerprint density at radius 2 is 1.83 bits per heavy atom. The van der Waals surface area contributed by atoms with E-state index in [1.165, 1.54) is 6.92 Å². The summed E-state index contributed by atoms with van der Waals surface area (Å²) in [6.45, 7) is 5.54. The highest BCUT2D eigenvalue weighted by molar-refractivity contribution is 5.99. The van der Waals surface area contributed by atoms with Crippen molar-refractivity contribution in [1.82, 2.24) is 10.2 Å². The number of phenolic OH excluding ortho intramolecular Hbond substituents is 1.